The van der Waals surface area contributed by atoms with Crippen molar-refractivity contribution in [3.63, 3.8) is 0 Å². The molecule has 6 nitrogen and oxygen atoms in total. The Balaban J connectivity index is 1.74. The van der Waals surface area contributed by atoms with E-state index in [-0.39, 0.29) is 18.9 Å². The lowest BCUT2D eigenvalue weighted by molar-refractivity contribution is -0.137. The van der Waals surface area contributed by atoms with E-state index in [4.69, 9.17) is 22.1 Å². The molecule has 0 unspecified atom stereocenters. The molecule has 1 saturated heterocycles. The topological polar surface area (TPSA) is 71.8 Å². The van der Waals surface area contributed by atoms with Crippen molar-refractivity contribution in [3.05, 3.63) is 64.1 Å². The first kappa shape index (κ1) is 23.1. The molecular weight excluding hydrogens is 456 g/mol. The van der Waals surface area contributed by atoms with Crippen LogP contribution in [0.2, 0.25) is 0 Å². The Morgan fingerprint density at radius 1 is 1.18 bits per heavy atom. The highest BCUT2D eigenvalue weighted by Crippen LogP contribution is 2.40. The highest BCUT2D eigenvalue weighted by atomic mass is 32.2. The van der Waals surface area contributed by atoms with E-state index in [1.807, 2.05) is 74.0 Å². The Kier molecular flexibility index (Phi) is 6.58. The number of thioether (sulfide) groups is 1. The number of hydrogen-bond acceptors (Lipinski definition) is 5. The first-order valence-electron chi connectivity index (χ1n) is 10.6. The molecule has 1 N–H and O–H groups in total. The first-order valence-corrected chi connectivity index (χ1v) is 11.8. The molecule has 2 heterocycles. The van der Waals surface area contributed by atoms with Gasteiger partial charge in [-0.15, -0.1) is 0 Å². The predicted molar refractivity (Wildman–Crippen MR) is 136 cm³/mol. The minimum atomic E-state index is -0.889. The van der Waals surface area contributed by atoms with Crippen molar-refractivity contribution in [1.82, 2.24) is 9.47 Å². The fraction of sp³-hybridized carbons (Fsp3) is 0.240. The number of para-hydroxylation sites is 1. The van der Waals surface area contributed by atoms with Crippen molar-refractivity contribution < 1.29 is 19.4 Å². The third kappa shape index (κ3) is 4.54. The maximum absolute atomic E-state index is 13.1. The van der Waals surface area contributed by atoms with Gasteiger partial charge in [-0.05, 0) is 49.6 Å². The van der Waals surface area contributed by atoms with Crippen LogP contribution < -0.4 is 4.74 Å². The number of thiocarbonyl (C=S) groups is 1. The second kappa shape index (κ2) is 9.41. The lowest BCUT2D eigenvalue weighted by Gasteiger charge is -2.13. The van der Waals surface area contributed by atoms with Crippen LogP contribution >= 0.6 is 24.0 Å². The van der Waals surface area contributed by atoms with Crippen molar-refractivity contribution in [2.24, 2.45) is 7.05 Å². The van der Waals surface area contributed by atoms with E-state index in [2.05, 4.69) is 0 Å². The number of benzene rings is 2. The van der Waals surface area contributed by atoms with Gasteiger partial charge in [-0.3, -0.25) is 14.5 Å². The largest absolute Gasteiger partial charge is 0.481 e. The molecule has 0 atom stereocenters. The molecule has 0 bridgehead atoms. The molecule has 1 aliphatic heterocycles. The molecule has 170 valence electrons. The first-order chi connectivity index (χ1) is 15.8. The van der Waals surface area contributed by atoms with Gasteiger partial charge >= 0.3 is 5.97 Å². The van der Waals surface area contributed by atoms with Gasteiger partial charge in [0.05, 0.1) is 10.4 Å². The predicted octanol–water partition coefficient (Wildman–Crippen LogP) is 5.65. The number of aromatic nitrogens is 1. The van der Waals surface area contributed by atoms with Gasteiger partial charge in [0.15, 0.2) is 0 Å². The molecule has 8 heteroatoms. The number of aliphatic carboxylic acids is 1. The molecule has 2 aromatic carbocycles. The second-order valence-electron chi connectivity index (χ2n) is 7.93. The molecule has 0 aliphatic carbocycles. The molecule has 3 aromatic rings. The van der Waals surface area contributed by atoms with Crippen LogP contribution in [0, 0.1) is 13.8 Å². The van der Waals surface area contributed by atoms with Crippen molar-refractivity contribution in [3.8, 4) is 11.6 Å². The van der Waals surface area contributed by atoms with Gasteiger partial charge in [0.1, 0.15) is 10.1 Å². The van der Waals surface area contributed by atoms with Crippen LogP contribution in [0.4, 0.5) is 0 Å². The Morgan fingerprint density at radius 3 is 2.70 bits per heavy atom. The molecule has 1 aliphatic rings. The maximum atomic E-state index is 13.1. The minimum absolute atomic E-state index is 0.00668. The van der Waals surface area contributed by atoms with E-state index in [0.717, 1.165) is 33.3 Å². The summed E-state index contributed by atoms with van der Waals surface area (Å²) in [5.74, 6) is 0.304. The number of carboxylic acids is 1. The van der Waals surface area contributed by atoms with Gasteiger partial charge in [-0.2, -0.15) is 0 Å². The molecule has 33 heavy (non-hydrogen) atoms. The summed E-state index contributed by atoms with van der Waals surface area (Å²) in [6, 6.07) is 13.9. The summed E-state index contributed by atoms with van der Waals surface area (Å²) in [4.78, 5) is 25.9. The minimum Gasteiger partial charge on any atom is -0.481 e. The number of carbonyl (C=O) groups is 2. The maximum Gasteiger partial charge on any atom is 0.303 e. The molecule has 4 rings (SSSR count). The third-order valence-corrected chi connectivity index (χ3v) is 7.15. The van der Waals surface area contributed by atoms with E-state index < -0.39 is 5.97 Å². The Bertz CT molecular complexity index is 1310. The number of hydrogen-bond donors (Lipinski definition) is 1. The summed E-state index contributed by atoms with van der Waals surface area (Å²) in [5, 5.41) is 9.86. The van der Waals surface area contributed by atoms with E-state index in [1.54, 1.807) is 0 Å². The average Bonchev–Trinajstić information content (AvgIpc) is 3.20. The summed E-state index contributed by atoms with van der Waals surface area (Å²) in [6.45, 7) is 4.35. The molecule has 0 spiro atoms. The molecule has 0 saturated carbocycles. The zero-order valence-corrected chi connectivity index (χ0v) is 20.3. The summed E-state index contributed by atoms with van der Waals surface area (Å²) >= 11 is 6.63. The van der Waals surface area contributed by atoms with Gasteiger partial charge in [-0.25, -0.2) is 0 Å². The molecular formula is C25H24N2O4S2. The van der Waals surface area contributed by atoms with Crippen molar-refractivity contribution in [1.29, 1.82) is 0 Å². The highest BCUT2D eigenvalue weighted by molar-refractivity contribution is 8.26. The van der Waals surface area contributed by atoms with Crippen molar-refractivity contribution in [2.75, 3.05) is 6.54 Å². The monoisotopic (exact) mass is 480 g/mol. The van der Waals surface area contributed by atoms with Gasteiger partial charge in [0, 0.05) is 31.0 Å². The molecule has 0 radical (unpaired) electrons. The van der Waals surface area contributed by atoms with Crippen LogP contribution in [-0.2, 0) is 16.6 Å². The number of nitrogens with zero attached hydrogens (tertiary/aromatic N) is 2. The molecule has 1 amide bonds. The molecule has 1 fully saturated rings. The smallest absolute Gasteiger partial charge is 0.303 e. The van der Waals surface area contributed by atoms with E-state index >= 15 is 0 Å². The van der Waals surface area contributed by atoms with Crippen molar-refractivity contribution in [2.45, 2.75) is 26.7 Å². The number of amides is 1. The quantitative estimate of drug-likeness (QED) is 0.348. The van der Waals surface area contributed by atoms with Crippen LogP contribution in [0.5, 0.6) is 11.6 Å². The average molecular weight is 481 g/mol. The Hall–Kier alpha value is -3.10. The lowest BCUT2D eigenvalue weighted by Crippen LogP contribution is -2.29. The van der Waals surface area contributed by atoms with Gasteiger partial charge < -0.3 is 14.4 Å². The van der Waals surface area contributed by atoms with E-state index in [1.165, 1.54) is 16.7 Å². The van der Waals surface area contributed by atoms with Crippen LogP contribution in [0.25, 0.3) is 17.0 Å². The van der Waals surface area contributed by atoms with Crippen molar-refractivity contribution >= 4 is 57.2 Å². The number of aryl methyl sites for hydroxylation is 2. The van der Waals surface area contributed by atoms with Gasteiger partial charge in [0.25, 0.3) is 5.91 Å². The summed E-state index contributed by atoms with van der Waals surface area (Å²) < 4.78 is 8.83. The van der Waals surface area contributed by atoms with Gasteiger partial charge in [0.2, 0.25) is 5.88 Å². The number of ether oxygens (including phenoxy) is 1. The molecule has 1 aromatic heterocycles. The number of carbonyl (C=O) groups excluding carboxylic acids is 1. The SMILES string of the molecule is Cc1cccc(Oc2c(/C=C3\SC(=S)N(CCCC(=O)O)C3=O)c3ccccc3n2C)c1C. The Morgan fingerprint density at radius 2 is 1.94 bits per heavy atom. The zero-order valence-electron chi connectivity index (χ0n) is 18.6. The normalized spacial score (nSPS) is 15.1. The summed E-state index contributed by atoms with van der Waals surface area (Å²) in [7, 11) is 1.94. The standard InChI is InChI=1S/C25H24N2O4S2/c1-15-8-6-11-20(16(15)2)31-24-18(17-9-4-5-10-19(17)26(24)3)14-21-23(30)27(25(32)33-21)13-7-12-22(28)29/h4-6,8-11,14H,7,12-13H2,1-3H3,(H,28,29)/b21-14-. The second-order valence-corrected chi connectivity index (χ2v) is 9.60. The number of fused-ring (bicyclic) bond motifs is 1. The third-order valence-electron chi connectivity index (χ3n) is 5.77. The van der Waals surface area contributed by atoms with Crippen LogP contribution in [0.1, 0.15) is 29.5 Å². The summed E-state index contributed by atoms with van der Waals surface area (Å²) in [6.07, 6.45) is 2.18. The fourth-order valence-corrected chi connectivity index (χ4v) is 5.10. The number of carboxylic acid groups (broad SMARTS) is 1. The van der Waals surface area contributed by atoms with Crippen LogP contribution in [0.3, 0.4) is 0 Å². The highest BCUT2D eigenvalue weighted by Gasteiger charge is 2.32. The van der Waals surface area contributed by atoms with E-state index in [9.17, 15) is 9.59 Å². The number of rotatable bonds is 7. The zero-order chi connectivity index (χ0) is 23.7. The van der Waals surface area contributed by atoms with Crippen LogP contribution in [-0.4, -0.2) is 37.3 Å². The van der Waals surface area contributed by atoms with Crippen LogP contribution in [0.15, 0.2) is 47.4 Å². The van der Waals surface area contributed by atoms with Gasteiger partial charge in [-0.1, -0.05) is 54.3 Å². The van der Waals surface area contributed by atoms with E-state index in [0.29, 0.717) is 21.5 Å². The fourth-order valence-electron chi connectivity index (χ4n) is 3.81. The Labute approximate surface area is 201 Å². The summed E-state index contributed by atoms with van der Waals surface area (Å²) in [5.41, 5.74) is 3.98. The lowest BCUT2D eigenvalue weighted by atomic mass is 10.1.